The zero-order valence-corrected chi connectivity index (χ0v) is 14.2. The van der Waals surface area contributed by atoms with Crippen LogP contribution in [0.1, 0.15) is 38.5 Å². The van der Waals surface area contributed by atoms with Crippen molar-refractivity contribution >= 4 is 10.7 Å². The summed E-state index contributed by atoms with van der Waals surface area (Å²) in [6.07, 6.45) is -8.88. The van der Waals surface area contributed by atoms with Crippen LogP contribution in [-0.2, 0) is 10.7 Å². The van der Waals surface area contributed by atoms with E-state index < -0.39 is 40.1 Å². The molecule has 0 aliphatic heterocycles. The van der Waals surface area contributed by atoms with E-state index in [-0.39, 0.29) is 17.8 Å². The molecule has 0 aromatic heterocycles. The summed E-state index contributed by atoms with van der Waals surface area (Å²) in [4.78, 5) is 0. The van der Waals surface area contributed by atoms with Gasteiger partial charge in [-0.25, -0.2) is 8.42 Å². The molecule has 0 saturated heterocycles. The second-order valence-corrected chi connectivity index (χ2v) is 9.74. The fourth-order valence-corrected chi connectivity index (χ4v) is 7.79. The molecule has 144 valence electrons. The van der Waals surface area contributed by atoms with Gasteiger partial charge in [-0.05, 0) is 80.0 Å². The lowest BCUT2D eigenvalue weighted by Crippen LogP contribution is -2.59. The summed E-state index contributed by atoms with van der Waals surface area (Å²) < 4.78 is 97.9. The van der Waals surface area contributed by atoms with Crippen LogP contribution in [0, 0.1) is 41.4 Å². The van der Waals surface area contributed by atoms with E-state index in [1.807, 2.05) is 0 Å². The number of alkyl halides is 6. The molecule has 2 nitrogen and oxygen atoms in total. The molecule has 0 radical (unpaired) electrons. The first-order chi connectivity index (χ1) is 11.5. The first-order valence-electron chi connectivity index (χ1n) is 8.75. The van der Waals surface area contributed by atoms with Crippen molar-refractivity contribution in [2.24, 2.45) is 41.4 Å². The highest BCUT2D eigenvalue weighted by molar-refractivity contribution is 7.74. The maximum Gasteiger partial charge on any atom is 0.416 e. The van der Waals surface area contributed by atoms with Crippen molar-refractivity contribution in [2.75, 3.05) is 0 Å². The second kappa shape index (κ2) is 5.29. The molecule has 0 aromatic rings. The maximum atomic E-state index is 13.3. The molecule has 4 rings (SSSR count). The zero-order valence-electron chi connectivity index (χ0n) is 13.3. The summed E-state index contributed by atoms with van der Waals surface area (Å²) in [7, 11) is -4.72. The van der Waals surface area contributed by atoms with Crippen molar-refractivity contribution in [3.8, 4) is 0 Å². The Morgan fingerprint density at radius 1 is 0.760 bits per heavy atom. The number of fused-ring (bicyclic) bond motifs is 9. The second-order valence-electron chi connectivity index (χ2n) is 8.46. The largest absolute Gasteiger partial charge is 0.416 e. The Kier molecular flexibility index (Phi) is 3.79. The van der Waals surface area contributed by atoms with Gasteiger partial charge in [0.1, 0.15) is 0 Å². The van der Waals surface area contributed by atoms with Gasteiger partial charge in [-0.15, -0.1) is 0 Å². The molecule has 0 N–H and O–H groups in total. The Morgan fingerprint density at radius 2 is 1.32 bits per heavy atom. The minimum atomic E-state index is -5.85. The smallest absolute Gasteiger partial charge is 0.231 e. The Bertz CT molecular complexity index is 618. The lowest BCUT2D eigenvalue weighted by Gasteiger charge is -2.42. The van der Waals surface area contributed by atoms with Gasteiger partial charge < -0.3 is 0 Å². The highest BCUT2D eigenvalue weighted by atomic mass is 32.2. The van der Waals surface area contributed by atoms with Crippen molar-refractivity contribution in [2.45, 2.75) is 55.6 Å². The van der Waals surface area contributed by atoms with Crippen LogP contribution in [0.25, 0.3) is 0 Å². The van der Waals surface area contributed by atoms with Crippen LogP contribution < -0.4 is 0 Å². The number of hydrogen-bond donors (Lipinski definition) is 1. The van der Waals surface area contributed by atoms with Crippen LogP contribution in [0.5, 0.6) is 0 Å². The lowest BCUT2D eigenvalue weighted by molar-refractivity contribution is -0.271. The fourth-order valence-electron chi connectivity index (χ4n) is 6.99. The normalized spacial score (nSPS) is 43.2. The number of halogens is 6. The van der Waals surface area contributed by atoms with Crippen molar-refractivity contribution in [3.63, 3.8) is 0 Å². The molecule has 0 heterocycles. The highest BCUT2D eigenvalue weighted by Gasteiger charge is 2.75. The molecule has 25 heavy (non-hydrogen) atoms. The van der Waals surface area contributed by atoms with Crippen molar-refractivity contribution < 1.29 is 34.8 Å². The summed E-state index contributed by atoms with van der Waals surface area (Å²) >= 11 is 0. The fraction of sp³-hybridized carbons (Fsp3) is 1.00. The van der Waals surface area contributed by atoms with E-state index in [1.165, 1.54) is 0 Å². The van der Waals surface area contributed by atoms with Gasteiger partial charge in [0.05, 0.1) is 0 Å². The average molecular weight is 390 g/mol. The van der Waals surface area contributed by atoms with E-state index in [0.29, 0.717) is 30.6 Å². The monoisotopic (exact) mass is 390 g/mol. The molecule has 7 unspecified atom stereocenters. The van der Waals surface area contributed by atoms with Crippen LogP contribution in [0.15, 0.2) is 0 Å². The molecule has 0 aromatic carbocycles. The number of hydrogen-bond acceptors (Lipinski definition) is 2. The molecular formula is C16H20F6O2S. The number of thiol groups is 1. The van der Waals surface area contributed by atoms with Crippen LogP contribution in [0.2, 0.25) is 0 Å². The molecule has 9 heteroatoms. The molecule has 4 fully saturated rings. The third kappa shape index (κ3) is 2.26. The molecule has 4 saturated carbocycles. The van der Waals surface area contributed by atoms with Gasteiger partial charge in [0.2, 0.25) is 0 Å². The predicted octanol–water partition coefficient (Wildman–Crippen LogP) is 4.17. The van der Waals surface area contributed by atoms with Crippen LogP contribution >= 0.6 is 0 Å². The zero-order chi connectivity index (χ0) is 18.4. The molecule has 0 amide bonds. The third-order valence-electron chi connectivity index (χ3n) is 7.68. The Hall–Kier alpha value is -0.470. The highest BCUT2D eigenvalue weighted by Crippen LogP contribution is 2.70. The van der Waals surface area contributed by atoms with Gasteiger partial charge in [-0.2, -0.15) is 26.3 Å². The van der Waals surface area contributed by atoms with E-state index in [4.69, 9.17) is 0 Å². The van der Waals surface area contributed by atoms with Crippen LogP contribution in [0.4, 0.5) is 26.3 Å². The quantitative estimate of drug-likeness (QED) is 0.446. The van der Waals surface area contributed by atoms with Gasteiger partial charge in [0.15, 0.2) is 10.7 Å². The standard InChI is InChI=1S/C16H20F6O2S/c17-15(18,19)14(25(23)24,16(20,21)22)6-10-4-9-5-11(10)13-8-2-1-7(3-8)12(9)13/h7-13,25H,1-6H2. The molecule has 4 bridgehead atoms. The average Bonchev–Trinajstić information content (AvgIpc) is 3.19. The van der Waals surface area contributed by atoms with Crippen LogP contribution in [-0.4, -0.2) is 25.5 Å². The van der Waals surface area contributed by atoms with Gasteiger partial charge in [0, 0.05) is 0 Å². The maximum absolute atomic E-state index is 13.3. The number of rotatable bonds is 3. The minimum absolute atomic E-state index is 0.177. The van der Waals surface area contributed by atoms with E-state index in [1.54, 1.807) is 0 Å². The van der Waals surface area contributed by atoms with Gasteiger partial charge in [-0.1, -0.05) is 0 Å². The first kappa shape index (κ1) is 17.9. The van der Waals surface area contributed by atoms with Gasteiger partial charge in [-0.3, -0.25) is 0 Å². The molecule has 0 spiro atoms. The predicted molar refractivity (Wildman–Crippen MR) is 77.3 cm³/mol. The molecule has 4 aliphatic carbocycles. The summed E-state index contributed by atoms with van der Waals surface area (Å²) in [6.45, 7) is 0. The van der Waals surface area contributed by atoms with E-state index in [2.05, 4.69) is 0 Å². The molecule has 4 aliphatic rings. The Morgan fingerprint density at radius 3 is 1.84 bits per heavy atom. The summed E-state index contributed by atoms with van der Waals surface area (Å²) in [5.41, 5.74) is 0. The Balaban J connectivity index is 1.65. The van der Waals surface area contributed by atoms with Crippen LogP contribution in [0.3, 0.4) is 0 Å². The van der Waals surface area contributed by atoms with Crippen molar-refractivity contribution in [1.29, 1.82) is 0 Å². The lowest BCUT2D eigenvalue weighted by atomic mass is 9.66. The minimum Gasteiger partial charge on any atom is -0.231 e. The van der Waals surface area contributed by atoms with Crippen molar-refractivity contribution in [1.82, 2.24) is 0 Å². The van der Waals surface area contributed by atoms with E-state index >= 15 is 0 Å². The summed E-state index contributed by atoms with van der Waals surface area (Å²) in [5.74, 6) is 0.862. The summed E-state index contributed by atoms with van der Waals surface area (Å²) in [6, 6.07) is 0. The first-order valence-corrected chi connectivity index (χ1v) is 9.93. The topological polar surface area (TPSA) is 34.1 Å². The Labute approximate surface area is 143 Å². The third-order valence-corrected chi connectivity index (χ3v) is 8.99. The molecular weight excluding hydrogens is 370 g/mol. The van der Waals surface area contributed by atoms with E-state index in [0.717, 1.165) is 19.3 Å². The van der Waals surface area contributed by atoms with Gasteiger partial charge >= 0.3 is 12.4 Å². The molecule has 7 atom stereocenters. The van der Waals surface area contributed by atoms with Gasteiger partial charge in [0.25, 0.3) is 4.75 Å². The SMILES string of the molecule is O=[SH](=O)C(CC1CC2CC1C1C3CCC(C3)C21)(C(F)(F)F)C(F)(F)F. The van der Waals surface area contributed by atoms with E-state index in [9.17, 15) is 34.8 Å². The van der Waals surface area contributed by atoms with Crippen molar-refractivity contribution in [3.05, 3.63) is 0 Å². The summed E-state index contributed by atoms with van der Waals surface area (Å²) in [5, 5.41) is 0.